The van der Waals surface area contributed by atoms with Crippen LogP contribution in [0.4, 0.5) is 4.39 Å². The van der Waals surface area contributed by atoms with E-state index in [1.54, 1.807) is 50.2 Å². The maximum Gasteiger partial charge on any atom is 0.360 e. The van der Waals surface area contributed by atoms with Crippen LogP contribution in [0.3, 0.4) is 0 Å². The van der Waals surface area contributed by atoms with Gasteiger partial charge >= 0.3 is 5.97 Å². The molecule has 3 aromatic rings. The molecule has 0 aliphatic heterocycles. The number of nitrogens with zero attached hydrogens (tertiary/aromatic N) is 2. The summed E-state index contributed by atoms with van der Waals surface area (Å²) < 4.78 is 19.7. The van der Waals surface area contributed by atoms with E-state index >= 15 is 0 Å². The molecule has 0 amide bonds. The van der Waals surface area contributed by atoms with E-state index in [4.69, 9.17) is 4.74 Å². The maximum atomic E-state index is 13.0. The molecule has 1 atom stereocenters. The summed E-state index contributed by atoms with van der Waals surface area (Å²) >= 11 is 0. The zero-order valence-corrected chi connectivity index (χ0v) is 13.9. The first-order chi connectivity index (χ1) is 12.0. The topological polar surface area (TPSA) is 61.2 Å². The second-order valence-corrected chi connectivity index (χ2v) is 5.61. The highest BCUT2D eigenvalue weighted by atomic mass is 19.1. The van der Waals surface area contributed by atoms with Crippen LogP contribution < -0.4 is 5.56 Å². The molecule has 6 heteroatoms. The number of rotatable bonds is 4. The van der Waals surface area contributed by atoms with Crippen molar-refractivity contribution in [2.75, 3.05) is 0 Å². The predicted molar refractivity (Wildman–Crippen MR) is 91.9 cm³/mol. The molecule has 1 heterocycles. The van der Waals surface area contributed by atoms with E-state index in [0.717, 1.165) is 0 Å². The van der Waals surface area contributed by atoms with Gasteiger partial charge in [0.15, 0.2) is 5.69 Å². The molecular formula is C19H17FN2O3. The number of ether oxygens (including phenoxy) is 1. The van der Waals surface area contributed by atoms with E-state index in [9.17, 15) is 14.0 Å². The Hall–Kier alpha value is -3.02. The van der Waals surface area contributed by atoms with Gasteiger partial charge in [0, 0.05) is 11.9 Å². The first kappa shape index (κ1) is 16.8. The Labute approximate surface area is 143 Å². The Bertz CT molecular complexity index is 980. The third-order valence-corrected chi connectivity index (χ3v) is 3.98. The number of aromatic nitrogens is 2. The van der Waals surface area contributed by atoms with Crippen molar-refractivity contribution in [3.05, 3.63) is 76.0 Å². The van der Waals surface area contributed by atoms with Crippen LogP contribution in [0.25, 0.3) is 10.8 Å². The predicted octanol–water partition coefficient (Wildman–Crippen LogP) is 3.47. The summed E-state index contributed by atoms with van der Waals surface area (Å²) in [5, 5.41) is 5.02. The molecule has 0 radical (unpaired) electrons. The van der Waals surface area contributed by atoms with Crippen molar-refractivity contribution in [3.8, 4) is 0 Å². The van der Waals surface area contributed by atoms with Gasteiger partial charge in [-0.1, -0.05) is 30.3 Å². The minimum absolute atomic E-state index is 0.0889. The van der Waals surface area contributed by atoms with Gasteiger partial charge in [-0.2, -0.15) is 5.10 Å². The van der Waals surface area contributed by atoms with Crippen LogP contribution in [0.2, 0.25) is 0 Å². The van der Waals surface area contributed by atoms with Crippen LogP contribution >= 0.6 is 0 Å². The molecule has 5 nitrogen and oxygen atoms in total. The summed E-state index contributed by atoms with van der Waals surface area (Å²) in [5.74, 6) is -0.986. The molecule has 0 bridgehead atoms. The van der Waals surface area contributed by atoms with Crippen LogP contribution in [0, 0.1) is 5.82 Å². The lowest BCUT2D eigenvalue weighted by Crippen LogP contribution is -2.26. The van der Waals surface area contributed by atoms with Crippen molar-refractivity contribution >= 4 is 16.7 Å². The van der Waals surface area contributed by atoms with Gasteiger partial charge in [0.25, 0.3) is 5.56 Å². The van der Waals surface area contributed by atoms with Crippen molar-refractivity contribution in [2.24, 2.45) is 0 Å². The van der Waals surface area contributed by atoms with E-state index in [1.807, 2.05) is 0 Å². The van der Waals surface area contributed by atoms with Crippen LogP contribution in [-0.2, 0) is 11.3 Å². The summed E-state index contributed by atoms with van der Waals surface area (Å²) in [4.78, 5) is 24.9. The number of carbonyl (C=O) groups excluding carboxylic acids is 1. The van der Waals surface area contributed by atoms with Gasteiger partial charge in [-0.3, -0.25) is 4.79 Å². The third kappa shape index (κ3) is 3.28. The number of carbonyl (C=O) groups is 1. The van der Waals surface area contributed by atoms with E-state index in [2.05, 4.69) is 5.10 Å². The number of halogens is 1. The van der Waals surface area contributed by atoms with Crippen molar-refractivity contribution in [1.29, 1.82) is 0 Å². The number of hydrogen-bond donors (Lipinski definition) is 0. The largest absolute Gasteiger partial charge is 0.453 e. The molecule has 0 N–H and O–H groups in total. The van der Waals surface area contributed by atoms with Crippen molar-refractivity contribution in [2.45, 2.75) is 26.5 Å². The lowest BCUT2D eigenvalue weighted by Gasteiger charge is -2.15. The summed E-state index contributed by atoms with van der Waals surface area (Å²) in [5.41, 5.74) is 0.509. The molecular weight excluding hydrogens is 323 g/mol. The highest BCUT2D eigenvalue weighted by Crippen LogP contribution is 2.21. The molecule has 25 heavy (non-hydrogen) atoms. The highest BCUT2D eigenvalue weighted by molar-refractivity contribution is 6.02. The van der Waals surface area contributed by atoms with Gasteiger partial charge in [-0.15, -0.1) is 0 Å². The zero-order valence-electron chi connectivity index (χ0n) is 13.9. The maximum absolute atomic E-state index is 13.0. The molecule has 0 fully saturated rings. The van der Waals surface area contributed by atoms with Crippen LogP contribution in [0.1, 0.15) is 36.0 Å². The number of hydrogen-bond acceptors (Lipinski definition) is 4. The minimum Gasteiger partial charge on any atom is -0.453 e. The second kappa shape index (κ2) is 6.84. The van der Waals surface area contributed by atoms with Crippen LogP contribution in [0.5, 0.6) is 0 Å². The number of benzene rings is 2. The van der Waals surface area contributed by atoms with Crippen molar-refractivity contribution in [3.63, 3.8) is 0 Å². The summed E-state index contributed by atoms with van der Waals surface area (Å²) in [6.07, 6.45) is -0.573. The lowest BCUT2D eigenvalue weighted by molar-refractivity contribution is 0.0330. The summed E-state index contributed by atoms with van der Waals surface area (Å²) in [6.45, 7) is 3.82. The first-order valence-corrected chi connectivity index (χ1v) is 7.97. The van der Waals surface area contributed by atoms with Gasteiger partial charge in [0.2, 0.25) is 0 Å². The first-order valence-electron chi connectivity index (χ1n) is 7.97. The highest BCUT2D eigenvalue weighted by Gasteiger charge is 2.20. The fourth-order valence-electron chi connectivity index (χ4n) is 2.62. The van der Waals surface area contributed by atoms with Crippen molar-refractivity contribution in [1.82, 2.24) is 9.78 Å². The molecule has 0 spiro atoms. The molecule has 128 valence electrons. The number of aryl methyl sites for hydroxylation is 1. The van der Waals surface area contributed by atoms with Gasteiger partial charge in [0.1, 0.15) is 11.9 Å². The van der Waals surface area contributed by atoms with E-state index in [-0.39, 0.29) is 17.1 Å². The lowest BCUT2D eigenvalue weighted by atomic mass is 10.1. The normalized spacial score (nSPS) is 12.1. The second-order valence-electron chi connectivity index (χ2n) is 5.61. The monoisotopic (exact) mass is 340 g/mol. The van der Waals surface area contributed by atoms with Gasteiger partial charge in [-0.05, 0) is 37.6 Å². The smallest absolute Gasteiger partial charge is 0.360 e. The molecule has 1 aromatic heterocycles. The average molecular weight is 340 g/mol. The SMILES string of the molecule is CCn1nc(C(=O)O[C@@H](C)c2ccc(F)cc2)c2ccccc2c1=O. The van der Waals surface area contributed by atoms with Gasteiger partial charge in [-0.25, -0.2) is 13.9 Å². The molecule has 2 aromatic carbocycles. The van der Waals surface area contributed by atoms with Crippen LogP contribution in [-0.4, -0.2) is 15.7 Å². The number of fused-ring (bicyclic) bond motifs is 1. The zero-order chi connectivity index (χ0) is 18.0. The molecule has 0 aliphatic carbocycles. The fourth-order valence-corrected chi connectivity index (χ4v) is 2.62. The molecule has 0 aliphatic rings. The van der Waals surface area contributed by atoms with E-state index < -0.39 is 12.1 Å². The quantitative estimate of drug-likeness (QED) is 0.682. The van der Waals surface area contributed by atoms with E-state index in [0.29, 0.717) is 22.9 Å². The Balaban J connectivity index is 1.98. The van der Waals surface area contributed by atoms with Crippen molar-refractivity contribution < 1.29 is 13.9 Å². The standard InChI is InChI=1S/C19H17FN2O3/c1-3-22-18(23)16-7-5-4-6-15(16)17(21-22)19(24)25-12(2)13-8-10-14(20)11-9-13/h4-12H,3H2,1-2H3/t12-/m0/s1. The number of esters is 1. The Morgan fingerprint density at radius 1 is 1.16 bits per heavy atom. The third-order valence-electron chi connectivity index (χ3n) is 3.98. The minimum atomic E-state index is -0.629. The average Bonchev–Trinajstić information content (AvgIpc) is 2.62. The molecule has 3 rings (SSSR count). The summed E-state index contributed by atoms with van der Waals surface area (Å²) in [7, 11) is 0. The Morgan fingerprint density at radius 3 is 2.44 bits per heavy atom. The molecule has 0 unspecified atom stereocenters. The molecule has 0 saturated carbocycles. The molecule has 0 saturated heterocycles. The van der Waals surface area contributed by atoms with E-state index in [1.165, 1.54) is 16.8 Å². The Kier molecular flexibility index (Phi) is 4.61. The van der Waals surface area contributed by atoms with Crippen LogP contribution in [0.15, 0.2) is 53.3 Å². The summed E-state index contributed by atoms with van der Waals surface area (Å²) in [6, 6.07) is 12.5. The Morgan fingerprint density at radius 2 is 1.80 bits per heavy atom. The van der Waals surface area contributed by atoms with Gasteiger partial charge < -0.3 is 4.74 Å². The fraction of sp³-hybridized carbons (Fsp3) is 0.211. The van der Waals surface area contributed by atoms with Gasteiger partial charge in [0.05, 0.1) is 5.39 Å².